The zero-order valence-corrected chi connectivity index (χ0v) is 6.14. The second-order valence-corrected chi connectivity index (χ2v) is 2.95. The van der Waals surface area contributed by atoms with Crippen LogP contribution in [0.3, 0.4) is 0 Å². The van der Waals surface area contributed by atoms with Crippen molar-refractivity contribution in [3.05, 3.63) is 0 Å². The van der Waals surface area contributed by atoms with Crippen LogP contribution < -0.4 is 5.32 Å². The molecule has 0 radical (unpaired) electrons. The highest BCUT2D eigenvalue weighted by Gasteiger charge is 2.32. The highest BCUT2D eigenvalue weighted by molar-refractivity contribution is 5.81. The fourth-order valence-corrected chi connectivity index (χ4v) is 1.16. The molecule has 1 heterocycles. The molecule has 1 rings (SSSR count). The molecule has 0 aromatic carbocycles. The zero-order valence-electron chi connectivity index (χ0n) is 6.14. The normalized spacial score (nSPS) is 43.0. The molecule has 2 nitrogen and oxygen atoms in total. The molecule has 1 fully saturated rings. The molecule has 0 saturated carbocycles. The Morgan fingerprint density at radius 2 is 1.89 bits per heavy atom. The third-order valence-electron chi connectivity index (χ3n) is 2.36. The summed E-state index contributed by atoms with van der Waals surface area (Å²) in [5.74, 6) is 0.910. The average molecular weight is 127 g/mol. The van der Waals surface area contributed by atoms with Crippen LogP contribution in [0.5, 0.6) is 0 Å². The standard InChI is InChI=1S/C7H13NO/c1-4-5(2)7(9)8-6(4)3/h4-6H,1-3H3,(H,8,9)/t4-,5-,6+/m0/s1. The molecule has 52 valence electrons. The van der Waals surface area contributed by atoms with E-state index in [1.54, 1.807) is 0 Å². The molecule has 0 unspecified atom stereocenters. The Bertz CT molecular complexity index is 133. The molecule has 1 N–H and O–H groups in total. The van der Waals surface area contributed by atoms with Crippen LogP contribution in [0, 0.1) is 11.8 Å². The summed E-state index contributed by atoms with van der Waals surface area (Å²) >= 11 is 0. The number of carbonyl (C=O) groups is 1. The molecule has 1 saturated heterocycles. The van der Waals surface area contributed by atoms with Crippen molar-refractivity contribution < 1.29 is 4.79 Å². The number of nitrogens with one attached hydrogen (secondary N) is 1. The summed E-state index contributed by atoms with van der Waals surface area (Å²) in [5, 5.41) is 2.88. The largest absolute Gasteiger partial charge is 0.353 e. The molecule has 9 heavy (non-hydrogen) atoms. The summed E-state index contributed by atoms with van der Waals surface area (Å²) in [7, 11) is 0. The number of carbonyl (C=O) groups excluding carboxylic acids is 1. The predicted molar refractivity (Wildman–Crippen MR) is 35.9 cm³/mol. The van der Waals surface area contributed by atoms with Gasteiger partial charge < -0.3 is 5.32 Å². The molecule has 1 aliphatic heterocycles. The number of hydrogen-bond acceptors (Lipinski definition) is 1. The number of hydrogen-bond donors (Lipinski definition) is 1. The van der Waals surface area contributed by atoms with E-state index in [0.29, 0.717) is 12.0 Å². The minimum absolute atomic E-state index is 0.204. The van der Waals surface area contributed by atoms with E-state index in [0.717, 1.165) is 0 Å². The van der Waals surface area contributed by atoms with Gasteiger partial charge in [0.2, 0.25) is 5.91 Å². The quantitative estimate of drug-likeness (QED) is 0.512. The van der Waals surface area contributed by atoms with Gasteiger partial charge in [-0.3, -0.25) is 4.79 Å². The van der Waals surface area contributed by atoms with Crippen LogP contribution in [0.1, 0.15) is 20.8 Å². The van der Waals surface area contributed by atoms with Gasteiger partial charge in [0.25, 0.3) is 0 Å². The van der Waals surface area contributed by atoms with Crippen molar-refractivity contribution in [2.24, 2.45) is 11.8 Å². The Balaban J connectivity index is 2.65. The third kappa shape index (κ3) is 0.934. The lowest BCUT2D eigenvalue weighted by molar-refractivity contribution is -0.122. The van der Waals surface area contributed by atoms with Crippen molar-refractivity contribution in [1.82, 2.24) is 5.32 Å². The van der Waals surface area contributed by atoms with Crippen LogP contribution in [0.25, 0.3) is 0 Å². The Morgan fingerprint density at radius 3 is 2.00 bits per heavy atom. The molecule has 1 aliphatic rings. The van der Waals surface area contributed by atoms with Gasteiger partial charge in [0, 0.05) is 12.0 Å². The topological polar surface area (TPSA) is 29.1 Å². The molecular weight excluding hydrogens is 114 g/mol. The molecule has 3 atom stereocenters. The first kappa shape index (κ1) is 6.59. The minimum atomic E-state index is 0.204. The van der Waals surface area contributed by atoms with E-state index in [2.05, 4.69) is 12.2 Å². The Labute approximate surface area is 55.6 Å². The summed E-state index contributed by atoms with van der Waals surface area (Å²) in [5.41, 5.74) is 0. The first-order valence-corrected chi connectivity index (χ1v) is 3.43. The number of amides is 1. The Kier molecular flexibility index (Phi) is 1.47. The third-order valence-corrected chi connectivity index (χ3v) is 2.36. The average Bonchev–Trinajstić information content (AvgIpc) is 1.98. The molecular formula is C7H13NO. The van der Waals surface area contributed by atoms with E-state index in [9.17, 15) is 4.79 Å². The van der Waals surface area contributed by atoms with E-state index >= 15 is 0 Å². The van der Waals surface area contributed by atoms with Crippen molar-refractivity contribution in [2.75, 3.05) is 0 Å². The molecule has 0 bridgehead atoms. The summed E-state index contributed by atoms with van der Waals surface area (Å²) in [6.07, 6.45) is 0. The first-order valence-electron chi connectivity index (χ1n) is 3.43. The van der Waals surface area contributed by atoms with Gasteiger partial charge in [-0.15, -0.1) is 0 Å². The molecule has 2 heteroatoms. The summed E-state index contributed by atoms with van der Waals surface area (Å²) in [6, 6.07) is 0.368. The van der Waals surface area contributed by atoms with Gasteiger partial charge in [-0.2, -0.15) is 0 Å². The highest BCUT2D eigenvalue weighted by Crippen LogP contribution is 2.21. The van der Waals surface area contributed by atoms with Gasteiger partial charge in [-0.05, 0) is 12.8 Å². The van der Waals surface area contributed by atoms with Crippen molar-refractivity contribution in [3.8, 4) is 0 Å². The lowest BCUT2D eigenvalue weighted by Gasteiger charge is -2.08. The molecule has 0 aromatic rings. The van der Waals surface area contributed by atoms with Crippen LogP contribution in [-0.2, 0) is 4.79 Å². The van der Waals surface area contributed by atoms with Gasteiger partial charge in [0.05, 0.1) is 0 Å². The fraction of sp³-hybridized carbons (Fsp3) is 0.857. The Morgan fingerprint density at radius 1 is 1.33 bits per heavy atom. The van der Waals surface area contributed by atoms with Gasteiger partial charge in [0.1, 0.15) is 0 Å². The highest BCUT2D eigenvalue weighted by atomic mass is 16.2. The molecule has 0 spiro atoms. The minimum Gasteiger partial charge on any atom is -0.353 e. The maximum atomic E-state index is 10.9. The van der Waals surface area contributed by atoms with Gasteiger partial charge in [-0.1, -0.05) is 13.8 Å². The van der Waals surface area contributed by atoms with Crippen LogP contribution in [0.15, 0.2) is 0 Å². The zero-order chi connectivity index (χ0) is 7.02. The van der Waals surface area contributed by atoms with Crippen LogP contribution >= 0.6 is 0 Å². The van der Waals surface area contributed by atoms with E-state index in [-0.39, 0.29) is 11.8 Å². The van der Waals surface area contributed by atoms with Crippen molar-refractivity contribution >= 4 is 5.91 Å². The SMILES string of the molecule is C[C@H]1[C@H](C)C(=O)N[C@@H]1C. The van der Waals surface area contributed by atoms with Crippen LogP contribution in [-0.4, -0.2) is 11.9 Å². The monoisotopic (exact) mass is 127 g/mol. The van der Waals surface area contributed by atoms with Crippen molar-refractivity contribution in [2.45, 2.75) is 26.8 Å². The second kappa shape index (κ2) is 2.01. The van der Waals surface area contributed by atoms with Crippen LogP contribution in [0.2, 0.25) is 0 Å². The summed E-state index contributed by atoms with van der Waals surface area (Å²) in [4.78, 5) is 10.9. The molecule has 1 amide bonds. The van der Waals surface area contributed by atoms with Gasteiger partial charge in [0.15, 0.2) is 0 Å². The van der Waals surface area contributed by atoms with Crippen molar-refractivity contribution in [1.29, 1.82) is 0 Å². The van der Waals surface area contributed by atoms with E-state index < -0.39 is 0 Å². The lowest BCUT2D eigenvalue weighted by Crippen LogP contribution is -2.24. The summed E-state index contributed by atoms with van der Waals surface area (Å²) in [6.45, 7) is 6.13. The molecule has 0 aliphatic carbocycles. The number of rotatable bonds is 0. The molecule has 0 aromatic heterocycles. The van der Waals surface area contributed by atoms with E-state index in [4.69, 9.17) is 0 Å². The smallest absolute Gasteiger partial charge is 0.223 e. The van der Waals surface area contributed by atoms with E-state index in [1.807, 2.05) is 13.8 Å². The maximum absolute atomic E-state index is 10.9. The Hall–Kier alpha value is -0.530. The van der Waals surface area contributed by atoms with Crippen LogP contribution in [0.4, 0.5) is 0 Å². The fourth-order valence-electron chi connectivity index (χ4n) is 1.16. The van der Waals surface area contributed by atoms with Gasteiger partial charge >= 0.3 is 0 Å². The van der Waals surface area contributed by atoms with E-state index in [1.165, 1.54) is 0 Å². The lowest BCUT2D eigenvalue weighted by atomic mass is 9.95. The van der Waals surface area contributed by atoms with Crippen molar-refractivity contribution in [3.63, 3.8) is 0 Å². The van der Waals surface area contributed by atoms with Gasteiger partial charge in [-0.25, -0.2) is 0 Å². The maximum Gasteiger partial charge on any atom is 0.223 e. The summed E-state index contributed by atoms with van der Waals surface area (Å²) < 4.78 is 0. The predicted octanol–water partition coefficient (Wildman–Crippen LogP) is 0.777. The second-order valence-electron chi connectivity index (χ2n) is 2.95. The first-order chi connectivity index (χ1) is 4.13.